The van der Waals surface area contributed by atoms with Crippen molar-refractivity contribution in [2.45, 2.75) is 12.5 Å². The number of likely N-dealkylation sites (N-methyl/N-ethyl adjacent to an activating group) is 1. The Kier molecular flexibility index (Phi) is 8.59. The molecule has 1 atom stereocenters. The molecule has 8 nitrogen and oxygen atoms in total. The van der Waals surface area contributed by atoms with E-state index in [0.717, 1.165) is 5.56 Å². The number of carboxylic acids is 1. The van der Waals surface area contributed by atoms with Gasteiger partial charge in [-0.25, -0.2) is 9.59 Å². The van der Waals surface area contributed by atoms with Gasteiger partial charge in [0.2, 0.25) is 0 Å². The monoisotopic (exact) mass is 340 g/mol. The quantitative estimate of drug-likeness (QED) is 0.486. The second kappa shape index (κ2) is 10.5. The van der Waals surface area contributed by atoms with E-state index in [1.807, 2.05) is 0 Å². The van der Waals surface area contributed by atoms with Gasteiger partial charge in [0.05, 0.1) is 13.7 Å². The number of aliphatic carboxylic acids is 1. The lowest BCUT2D eigenvalue weighted by atomic mass is 10.1. The summed E-state index contributed by atoms with van der Waals surface area (Å²) in [5.41, 5.74) is 0.797. The summed E-state index contributed by atoms with van der Waals surface area (Å²) in [5, 5.41) is 12.0. The van der Waals surface area contributed by atoms with Crippen LogP contribution in [0.3, 0.4) is 0 Å². The van der Waals surface area contributed by atoms with Gasteiger partial charge in [0.25, 0.3) is 0 Å². The molecule has 0 aliphatic rings. The first-order valence-corrected chi connectivity index (χ1v) is 7.42. The van der Waals surface area contributed by atoms with Gasteiger partial charge < -0.3 is 29.5 Å². The second-order valence-corrected chi connectivity index (χ2v) is 5.06. The fourth-order valence-corrected chi connectivity index (χ4v) is 2.01. The van der Waals surface area contributed by atoms with Gasteiger partial charge in [-0.05, 0) is 17.7 Å². The number of ether oxygens (including phenoxy) is 3. The molecule has 0 aromatic heterocycles. The van der Waals surface area contributed by atoms with Gasteiger partial charge in [-0.15, -0.1) is 0 Å². The Morgan fingerprint density at radius 2 is 1.92 bits per heavy atom. The number of amides is 2. The Balaban J connectivity index is 2.58. The first-order chi connectivity index (χ1) is 11.5. The molecule has 1 rings (SSSR count). The van der Waals surface area contributed by atoms with Crippen LogP contribution in [0, 0.1) is 0 Å². The minimum Gasteiger partial charge on any atom is -0.497 e. The molecule has 0 radical (unpaired) electrons. The van der Waals surface area contributed by atoms with Crippen LogP contribution in [0.1, 0.15) is 5.56 Å². The summed E-state index contributed by atoms with van der Waals surface area (Å²) in [7, 11) is 4.51. The number of carbonyl (C=O) groups excluding carboxylic acids is 1. The molecule has 0 aliphatic carbocycles. The third-order valence-electron chi connectivity index (χ3n) is 3.38. The average Bonchev–Trinajstić information content (AvgIpc) is 2.59. The van der Waals surface area contributed by atoms with Gasteiger partial charge in [-0.1, -0.05) is 12.1 Å². The van der Waals surface area contributed by atoms with Crippen molar-refractivity contribution in [2.24, 2.45) is 0 Å². The Bertz CT molecular complexity index is 520. The molecule has 1 aromatic carbocycles. The predicted molar refractivity (Wildman–Crippen MR) is 87.1 cm³/mol. The first-order valence-electron chi connectivity index (χ1n) is 7.42. The zero-order valence-corrected chi connectivity index (χ0v) is 14.2. The van der Waals surface area contributed by atoms with Gasteiger partial charge >= 0.3 is 12.0 Å². The molecule has 0 spiro atoms. The molecule has 0 heterocycles. The van der Waals surface area contributed by atoms with E-state index < -0.39 is 18.0 Å². The number of carboxylic acid groups (broad SMARTS) is 1. The van der Waals surface area contributed by atoms with Crippen LogP contribution in [0.5, 0.6) is 5.75 Å². The Labute approximate surface area is 141 Å². The van der Waals surface area contributed by atoms with E-state index >= 15 is 0 Å². The third kappa shape index (κ3) is 6.43. The van der Waals surface area contributed by atoms with Crippen LogP contribution in [-0.4, -0.2) is 69.3 Å². The van der Waals surface area contributed by atoms with Gasteiger partial charge in [0.15, 0.2) is 0 Å². The van der Waals surface area contributed by atoms with E-state index in [1.54, 1.807) is 31.4 Å². The molecular weight excluding hydrogens is 316 g/mol. The largest absolute Gasteiger partial charge is 0.497 e. The zero-order chi connectivity index (χ0) is 17.9. The number of methoxy groups -OCH3 is 2. The molecule has 2 amide bonds. The summed E-state index contributed by atoms with van der Waals surface area (Å²) in [4.78, 5) is 24.7. The second-order valence-electron chi connectivity index (χ2n) is 5.06. The highest BCUT2D eigenvalue weighted by Gasteiger charge is 2.26. The lowest BCUT2D eigenvalue weighted by Crippen LogP contribution is -2.48. The SMILES string of the molecule is COCOCCNC(=O)N(C)[C@@H](Cc1ccc(OC)cc1)C(=O)O. The Morgan fingerprint density at radius 1 is 1.25 bits per heavy atom. The van der Waals surface area contributed by atoms with Crippen LogP contribution in [-0.2, 0) is 20.7 Å². The number of hydrogen-bond donors (Lipinski definition) is 2. The summed E-state index contributed by atoms with van der Waals surface area (Å²) >= 11 is 0. The van der Waals surface area contributed by atoms with E-state index in [4.69, 9.17) is 14.2 Å². The zero-order valence-electron chi connectivity index (χ0n) is 14.2. The van der Waals surface area contributed by atoms with Crippen molar-refractivity contribution in [3.8, 4) is 5.75 Å². The maximum Gasteiger partial charge on any atom is 0.326 e. The number of carbonyl (C=O) groups is 2. The van der Waals surface area contributed by atoms with E-state index in [0.29, 0.717) is 5.75 Å². The molecule has 8 heteroatoms. The molecule has 0 saturated carbocycles. The summed E-state index contributed by atoms with van der Waals surface area (Å²) in [6.45, 7) is 0.686. The molecule has 0 fully saturated rings. The maximum atomic E-state index is 12.1. The van der Waals surface area contributed by atoms with E-state index in [2.05, 4.69) is 5.32 Å². The van der Waals surface area contributed by atoms with E-state index in [9.17, 15) is 14.7 Å². The normalized spacial score (nSPS) is 11.6. The van der Waals surface area contributed by atoms with Crippen LogP contribution in [0.2, 0.25) is 0 Å². The van der Waals surface area contributed by atoms with Gasteiger partial charge in [-0.3, -0.25) is 0 Å². The average molecular weight is 340 g/mol. The van der Waals surface area contributed by atoms with Crippen LogP contribution in [0.15, 0.2) is 24.3 Å². The number of rotatable bonds is 10. The molecular formula is C16H24N2O6. The molecule has 24 heavy (non-hydrogen) atoms. The summed E-state index contributed by atoms with van der Waals surface area (Å²) in [6.07, 6.45) is 0.198. The van der Waals surface area contributed by atoms with Gasteiger partial charge in [0.1, 0.15) is 18.6 Å². The minimum absolute atomic E-state index is 0.140. The molecule has 2 N–H and O–H groups in total. The van der Waals surface area contributed by atoms with E-state index in [-0.39, 0.29) is 26.4 Å². The smallest absolute Gasteiger partial charge is 0.326 e. The molecule has 0 saturated heterocycles. The third-order valence-corrected chi connectivity index (χ3v) is 3.38. The number of hydrogen-bond acceptors (Lipinski definition) is 5. The Morgan fingerprint density at radius 3 is 2.46 bits per heavy atom. The summed E-state index contributed by atoms with van der Waals surface area (Å²) < 4.78 is 14.8. The highest BCUT2D eigenvalue weighted by atomic mass is 16.7. The van der Waals surface area contributed by atoms with Crippen molar-refractivity contribution >= 4 is 12.0 Å². The highest BCUT2D eigenvalue weighted by Crippen LogP contribution is 2.14. The van der Waals surface area contributed by atoms with Gasteiger partial charge in [0, 0.05) is 27.1 Å². The fourth-order valence-electron chi connectivity index (χ4n) is 2.01. The van der Waals surface area contributed by atoms with Crippen molar-refractivity contribution in [2.75, 3.05) is 41.2 Å². The molecule has 0 bridgehead atoms. The van der Waals surface area contributed by atoms with Gasteiger partial charge in [-0.2, -0.15) is 0 Å². The molecule has 134 valence electrons. The molecule has 1 aromatic rings. The van der Waals surface area contributed by atoms with Crippen molar-refractivity contribution < 1.29 is 28.9 Å². The lowest BCUT2D eigenvalue weighted by molar-refractivity contribution is -0.141. The first kappa shape index (κ1) is 19.7. The predicted octanol–water partition coefficient (Wildman–Crippen LogP) is 0.953. The standard InChI is InChI=1S/C16H24N2O6/c1-18(16(21)17-8-9-24-11-22-2)14(15(19)20)10-12-4-6-13(23-3)7-5-12/h4-7,14H,8-11H2,1-3H3,(H,17,21)(H,19,20)/t14-/m0/s1. The highest BCUT2D eigenvalue weighted by molar-refractivity contribution is 5.82. The summed E-state index contributed by atoms with van der Waals surface area (Å²) in [5.74, 6) is -0.383. The molecule has 0 unspecified atom stereocenters. The summed E-state index contributed by atoms with van der Waals surface area (Å²) in [6, 6.07) is 5.61. The maximum absolute atomic E-state index is 12.1. The number of benzene rings is 1. The fraction of sp³-hybridized carbons (Fsp3) is 0.500. The van der Waals surface area contributed by atoms with Crippen molar-refractivity contribution in [1.82, 2.24) is 10.2 Å². The molecule has 0 aliphatic heterocycles. The van der Waals surface area contributed by atoms with Crippen LogP contribution < -0.4 is 10.1 Å². The van der Waals surface area contributed by atoms with Crippen molar-refractivity contribution in [3.05, 3.63) is 29.8 Å². The van der Waals surface area contributed by atoms with E-state index in [1.165, 1.54) is 19.1 Å². The lowest BCUT2D eigenvalue weighted by Gasteiger charge is -2.25. The van der Waals surface area contributed by atoms with Crippen molar-refractivity contribution in [3.63, 3.8) is 0 Å². The van der Waals surface area contributed by atoms with Crippen LogP contribution in [0.25, 0.3) is 0 Å². The minimum atomic E-state index is -1.07. The number of nitrogens with zero attached hydrogens (tertiary/aromatic N) is 1. The Hall–Kier alpha value is -2.32. The topological polar surface area (TPSA) is 97.3 Å². The number of urea groups is 1. The van der Waals surface area contributed by atoms with Crippen LogP contribution in [0.4, 0.5) is 4.79 Å². The van der Waals surface area contributed by atoms with Crippen LogP contribution >= 0.6 is 0 Å². The number of nitrogens with one attached hydrogen (secondary N) is 1. The van der Waals surface area contributed by atoms with Crippen molar-refractivity contribution in [1.29, 1.82) is 0 Å².